The van der Waals surface area contributed by atoms with E-state index >= 15 is 0 Å². The van der Waals surface area contributed by atoms with Crippen LogP contribution in [0, 0.1) is 0 Å². The lowest BCUT2D eigenvalue weighted by Gasteiger charge is -2.36. The van der Waals surface area contributed by atoms with Crippen LogP contribution in [0.4, 0.5) is 0 Å². The molecule has 1 atom stereocenters. The van der Waals surface area contributed by atoms with Gasteiger partial charge in [-0.25, -0.2) is 0 Å². The third-order valence-electron chi connectivity index (χ3n) is 8.98. The first kappa shape index (κ1) is 29.9. The summed E-state index contributed by atoms with van der Waals surface area (Å²) in [6.45, 7) is 12.2. The molecule has 45 heavy (non-hydrogen) atoms. The van der Waals surface area contributed by atoms with Gasteiger partial charge in [-0.2, -0.15) is 0 Å². The van der Waals surface area contributed by atoms with Crippen LogP contribution in [-0.4, -0.2) is 0 Å². The van der Waals surface area contributed by atoms with Crippen molar-refractivity contribution in [3.63, 3.8) is 0 Å². The molecule has 1 unspecified atom stereocenters. The minimum atomic E-state index is -0.425. The molecule has 0 fully saturated rings. The summed E-state index contributed by atoms with van der Waals surface area (Å²) in [5, 5.41) is 0. The van der Waals surface area contributed by atoms with E-state index < -0.39 is 5.41 Å². The lowest BCUT2D eigenvalue weighted by Crippen LogP contribution is -2.30. The molecule has 0 saturated carbocycles. The number of benzene rings is 4. The van der Waals surface area contributed by atoms with Crippen LogP contribution in [0.25, 0.3) is 39.0 Å². The number of hydrogen-bond acceptors (Lipinski definition) is 0. The number of fused-ring (bicyclic) bond motifs is 3. The second kappa shape index (κ2) is 13.2. The Morgan fingerprint density at radius 2 is 1.47 bits per heavy atom. The fourth-order valence-corrected chi connectivity index (χ4v) is 7.16. The normalized spacial score (nSPS) is 17.8. The van der Waals surface area contributed by atoms with E-state index in [-0.39, 0.29) is 0 Å². The molecular formula is C45H40. The predicted molar refractivity (Wildman–Crippen MR) is 196 cm³/mol. The van der Waals surface area contributed by atoms with E-state index in [2.05, 4.69) is 173 Å². The van der Waals surface area contributed by atoms with Crippen LogP contribution in [0.3, 0.4) is 0 Å². The Morgan fingerprint density at radius 3 is 2.20 bits per heavy atom. The third kappa shape index (κ3) is 5.28. The molecule has 0 heterocycles. The molecule has 0 amide bonds. The van der Waals surface area contributed by atoms with Gasteiger partial charge in [-0.3, -0.25) is 0 Å². The summed E-state index contributed by atoms with van der Waals surface area (Å²) >= 11 is 0. The Hall–Kier alpha value is -5.20. The maximum absolute atomic E-state index is 4.01. The van der Waals surface area contributed by atoms with Crippen molar-refractivity contribution in [2.45, 2.75) is 32.1 Å². The first-order chi connectivity index (χ1) is 22.2. The Labute approximate surface area is 269 Å². The van der Waals surface area contributed by atoms with E-state index in [9.17, 15) is 0 Å². The van der Waals surface area contributed by atoms with E-state index in [0.29, 0.717) is 0 Å². The quantitative estimate of drug-likeness (QED) is 0.173. The Morgan fingerprint density at radius 1 is 0.711 bits per heavy atom. The molecule has 220 valence electrons. The van der Waals surface area contributed by atoms with Crippen molar-refractivity contribution in [3.05, 3.63) is 199 Å². The molecule has 2 aliphatic rings. The van der Waals surface area contributed by atoms with Gasteiger partial charge in [0, 0.05) is 0 Å². The summed E-state index contributed by atoms with van der Waals surface area (Å²) < 4.78 is 0. The van der Waals surface area contributed by atoms with Gasteiger partial charge < -0.3 is 0 Å². The molecule has 0 nitrogen and oxygen atoms in total. The maximum atomic E-state index is 4.01. The Bertz CT molecular complexity index is 1930. The molecule has 0 spiro atoms. The van der Waals surface area contributed by atoms with Crippen molar-refractivity contribution in [1.82, 2.24) is 0 Å². The minimum Gasteiger partial charge on any atom is -0.0991 e. The van der Waals surface area contributed by atoms with E-state index in [4.69, 9.17) is 0 Å². The molecule has 0 aliphatic heterocycles. The largest absolute Gasteiger partial charge is 0.0991 e. The van der Waals surface area contributed by atoms with Crippen molar-refractivity contribution in [3.8, 4) is 33.4 Å². The van der Waals surface area contributed by atoms with Gasteiger partial charge in [-0.15, -0.1) is 0 Å². The fraction of sp³-hybridized carbons (Fsp3) is 0.111. The number of allylic oxidation sites excluding steroid dienone is 14. The van der Waals surface area contributed by atoms with Crippen LogP contribution in [0.2, 0.25) is 0 Å². The number of hydrogen-bond donors (Lipinski definition) is 0. The molecule has 0 aromatic heterocycles. The van der Waals surface area contributed by atoms with Gasteiger partial charge in [0.25, 0.3) is 0 Å². The van der Waals surface area contributed by atoms with E-state index in [0.717, 1.165) is 18.4 Å². The minimum absolute atomic E-state index is 0.425. The standard InChI is InChI=1S/C45H40/c1-5-9-23-38(8-4)45(39-24-14-11-15-25-39)42-28-17-16-26-41(42)44-40(27-18-29-43(44)45)37-31-35(33(19-6-2)20-7-3)30-36(32-37)34-21-12-10-13-22-34/h5-10,12-14,16-32H,1-2,11,15H2,3-4H3/b20-7-,23-9-,33-19+,38-8+. The van der Waals surface area contributed by atoms with Crippen LogP contribution in [-0.2, 0) is 5.41 Å². The lowest BCUT2D eigenvalue weighted by molar-refractivity contribution is 0.748. The molecule has 4 aromatic rings. The van der Waals surface area contributed by atoms with Crippen molar-refractivity contribution in [2.75, 3.05) is 0 Å². The van der Waals surface area contributed by atoms with Crippen LogP contribution < -0.4 is 0 Å². The van der Waals surface area contributed by atoms with Crippen molar-refractivity contribution >= 4 is 5.57 Å². The van der Waals surface area contributed by atoms with Crippen LogP contribution in [0.5, 0.6) is 0 Å². The smallest absolute Gasteiger partial charge is 0.0707 e. The number of rotatable bonds is 9. The Kier molecular flexibility index (Phi) is 8.76. The van der Waals surface area contributed by atoms with E-state index in [1.807, 2.05) is 12.2 Å². The highest BCUT2D eigenvalue weighted by molar-refractivity contribution is 5.97. The molecule has 4 aromatic carbocycles. The first-order valence-electron chi connectivity index (χ1n) is 15.9. The molecule has 0 radical (unpaired) electrons. The first-order valence-corrected chi connectivity index (χ1v) is 15.9. The molecule has 0 heteroatoms. The zero-order valence-electron chi connectivity index (χ0n) is 26.3. The van der Waals surface area contributed by atoms with E-state index in [1.165, 1.54) is 61.2 Å². The van der Waals surface area contributed by atoms with Crippen molar-refractivity contribution < 1.29 is 0 Å². The van der Waals surface area contributed by atoms with Crippen LogP contribution >= 0.6 is 0 Å². The highest BCUT2D eigenvalue weighted by Crippen LogP contribution is 2.59. The van der Waals surface area contributed by atoms with Gasteiger partial charge in [0.05, 0.1) is 5.41 Å². The second-order valence-corrected chi connectivity index (χ2v) is 11.5. The average molecular weight is 581 g/mol. The molecule has 2 aliphatic carbocycles. The molecule has 0 saturated heterocycles. The SMILES string of the molecule is C=C/C=C\C(=C/C)C1(C2=CCCC=C2)c2ccccc2-c2c(-c3cc(C(/C=C\C)=C/C=C)cc(-c4ccccc4)c3)cccc21. The van der Waals surface area contributed by atoms with Gasteiger partial charge in [0.15, 0.2) is 0 Å². The predicted octanol–water partition coefficient (Wildman–Crippen LogP) is 12.4. The van der Waals surface area contributed by atoms with Crippen LogP contribution in [0.15, 0.2) is 182 Å². The van der Waals surface area contributed by atoms with Crippen LogP contribution in [0.1, 0.15) is 43.4 Å². The highest BCUT2D eigenvalue weighted by Gasteiger charge is 2.47. The third-order valence-corrected chi connectivity index (χ3v) is 8.98. The summed E-state index contributed by atoms with van der Waals surface area (Å²) in [6, 6.07) is 33.6. The maximum Gasteiger partial charge on any atom is 0.0707 e. The topological polar surface area (TPSA) is 0 Å². The highest BCUT2D eigenvalue weighted by atomic mass is 14.5. The monoisotopic (exact) mass is 580 g/mol. The molecular weight excluding hydrogens is 540 g/mol. The zero-order chi connectivity index (χ0) is 31.2. The summed E-state index contributed by atoms with van der Waals surface area (Å²) in [6.07, 6.45) is 25.9. The summed E-state index contributed by atoms with van der Waals surface area (Å²) in [7, 11) is 0. The average Bonchev–Trinajstić information content (AvgIpc) is 3.40. The lowest BCUT2D eigenvalue weighted by atomic mass is 9.65. The fourth-order valence-electron chi connectivity index (χ4n) is 7.16. The van der Waals surface area contributed by atoms with Gasteiger partial charge in [0.2, 0.25) is 0 Å². The van der Waals surface area contributed by atoms with Crippen molar-refractivity contribution in [2.24, 2.45) is 0 Å². The molecule has 0 N–H and O–H groups in total. The van der Waals surface area contributed by atoms with Gasteiger partial charge >= 0.3 is 0 Å². The molecule has 6 rings (SSSR count). The van der Waals surface area contributed by atoms with Crippen molar-refractivity contribution in [1.29, 1.82) is 0 Å². The van der Waals surface area contributed by atoms with Gasteiger partial charge in [-0.05, 0) is 112 Å². The Balaban J connectivity index is 1.70. The second-order valence-electron chi connectivity index (χ2n) is 11.5. The van der Waals surface area contributed by atoms with E-state index in [1.54, 1.807) is 0 Å². The summed E-state index contributed by atoms with van der Waals surface area (Å²) in [5.74, 6) is 0. The zero-order valence-corrected chi connectivity index (χ0v) is 26.3. The summed E-state index contributed by atoms with van der Waals surface area (Å²) in [4.78, 5) is 0. The van der Waals surface area contributed by atoms with Gasteiger partial charge in [0.1, 0.15) is 0 Å². The molecule has 0 bridgehead atoms. The summed E-state index contributed by atoms with van der Waals surface area (Å²) in [5.41, 5.74) is 14.5. The van der Waals surface area contributed by atoms with Gasteiger partial charge in [-0.1, -0.05) is 153 Å².